The molecule has 6 heteroatoms. The molecule has 0 aliphatic carbocycles. The van der Waals surface area contributed by atoms with E-state index in [1.165, 1.54) is 6.07 Å². The maximum Gasteiger partial charge on any atom is 0.247 e. The number of aromatic nitrogens is 2. The Morgan fingerprint density at radius 2 is 1.88 bits per heavy atom. The normalized spacial score (nSPS) is 10.7. The molecule has 0 aliphatic rings. The number of rotatable bonds is 6. The monoisotopic (exact) mass is 353 g/mol. The molecule has 3 aromatic rings. The summed E-state index contributed by atoms with van der Waals surface area (Å²) in [5.41, 5.74) is 3.43. The smallest absolute Gasteiger partial charge is 0.247 e. The molecule has 5 nitrogen and oxygen atoms in total. The molecule has 0 saturated heterocycles. The largest absolute Gasteiger partial charge is 0.421 e. The van der Waals surface area contributed by atoms with Crippen LogP contribution in [0.1, 0.15) is 29.0 Å². The summed E-state index contributed by atoms with van der Waals surface area (Å²) in [4.78, 5) is 12.0. The lowest BCUT2D eigenvalue weighted by atomic mass is 10.1. The minimum absolute atomic E-state index is 0.123. The van der Waals surface area contributed by atoms with Crippen LogP contribution in [0.4, 0.5) is 4.39 Å². The highest BCUT2D eigenvalue weighted by Crippen LogP contribution is 2.18. The van der Waals surface area contributed by atoms with Crippen LogP contribution < -0.4 is 5.32 Å². The SMILES string of the molecule is Cc1ccc(-c2nnc(CCC(=O)NCc3ccc(F)c(C)c3)o2)cc1. The Labute approximate surface area is 151 Å². The summed E-state index contributed by atoms with van der Waals surface area (Å²) >= 11 is 0. The predicted molar refractivity (Wildman–Crippen MR) is 95.8 cm³/mol. The van der Waals surface area contributed by atoms with Gasteiger partial charge in [-0.1, -0.05) is 29.8 Å². The van der Waals surface area contributed by atoms with Crippen molar-refractivity contribution in [1.29, 1.82) is 0 Å². The second-order valence-electron chi connectivity index (χ2n) is 6.23. The molecule has 2 aromatic carbocycles. The molecule has 1 N–H and O–H groups in total. The lowest BCUT2D eigenvalue weighted by Crippen LogP contribution is -2.23. The zero-order chi connectivity index (χ0) is 18.5. The van der Waals surface area contributed by atoms with E-state index in [0.717, 1.165) is 16.7 Å². The van der Waals surface area contributed by atoms with Crippen molar-refractivity contribution in [3.05, 3.63) is 70.9 Å². The van der Waals surface area contributed by atoms with Gasteiger partial charge in [-0.05, 0) is 43.2 Å². The zero-order valence-electron chi connectivity index (χ0n) is 14.8. The Hall–Kier alpha value is -3.02. The average molecular weight is 353 g/mol. The highest BCUT2D eigenvalue weighted by molar-refractivity contribution is 5.76. The molecule has 26 heavy (non-hydrogen) atoms. The van der Waals surface area contributed by atoms with E-state index in [1.807, 2.05) is 31.2 Å². The Kier molecular flexibility index (Phi) is 5.41. The van der Waals surface area contributed by atoms with Crippen LogP contribution in [0.25, 0.3) is 11.5 Å². The Morgan fingerprint density at radius 3 is 2.62 bits per heavy atom. The van der Waals surface area contributed by atoms with Crippen LogP contribution in [0.3, 0.4) is 0 Å². The number of hydrogen-bond acceptors (Lipinski definition) is 4. The summed E-state index contributed by atoms with van der Waals surface area (Å²) in [6.45, 7) is 4.06. The number of hydrogen-bond donors (Lipinski definition) is 1. The molecular weight excluding hydrogens is 333 g/mol. The van der Waals surface area contributed by atoms with E-state index < -0.39 is 0 Å². The molecule has 0 spiro atoms. The first-order chi connectivity index (χ1) is 12.5. The van der Waals surface area contributed by atoms with Crippen molar-refractivity contribution in [1.82, 2.24) is 15.5 Å². The number of carbonyl (C=O) groups excluding carboxylic acids is 1. The van der Waals surface area contributed by atoms with E-state index in [9.17, 15) is 9.18 Å². The number of carbonyl (C=O) groups is 1. The summed E-state index contributed by atoms with van der Waals surface area (Å²) in [5.74, 6) is 0.499. The highest BCUT2D eigenvalue weighted by Gasteiger charge is 2.10. The first kappa shape index (κ1) is 17.8. The van der Waals surface area contributed by atoms with Crippen molar-refractivity contribution >= 4 is 5.91 Å². The summed E-state index contributed by atoms with van der Waals surface area (Å²) in [7, 11) is 0. The molecule has 1 heterocycles. The molecule has 1 aromatic heterocycles. The Bertz CT molecular complexity index is 904. The van der Waals surface area contributed by atoms with Crippen LogP contribution in [0, 0.1) is 19.7 Å². The maximum atomic E-state index is 13.2. The van der Waals surface area contributed by atoms with Crippen molar-refractivity contribution < 1.29 is 13.6 Å². The number of benzene rings is 2. The van der Waals surface area contributed by atoms with Gasteiger partial charge in [-0.15, -0.1) is 10.2 Å². The van der Waals surface area contributed by atoms with Crippen molar-refractivity contribution in [3.63, 3.8) is 0 Å². The molecule has 3 rings (SSSR count). The molecule has 0 fully saturated rings. The van der Waals surface area contributed by atoms with E-state index >= 15 is 0 Å². The van der Waals surface area contributed by atoms with Crippen LogP contribution in [-0.4, -0.2) is 16.1 Å². The van der Waals surface area contributed by atoms with Gasteiger partial charge in [-0.3, -0.25) is 4.79 Å². The van der Waals surface area contributed by atoms with E-state index in [0.29, 0.717) is 30.3 Å². The molecule has 0 bridgehead atoms. The third kappa shape index (κ3) is 4.53. The van der Waals surface area contributed by atoms with Gasteiger partial charge >= 0.3 is 0 Å². The zero-order valence-corrected chi connectivity index (χ0v) is 14.8. The van der Waals surface area contributed by atoms with Crippen LogP contribution in [0.2, 0.25) is 0 Å². The lowest BCUT2D eigenvalue weighted by Gasteiger charge is -2.06. The quantitative estimate of drug-likeness (QED) is 0.733. The van der Waals surface area contributed by atoms with Gasteiger partial charge in [0.25, 0.3) is 0 Å². The second kappa shape index (κ2) is 7.91. The third-order valence-electron chi connectivity index (χ3n) is 4.04. The summed E-state index contributed by atoms with van der Waals surface area (Å²) in [6.07, 6.45) is 0.614. The summed E-state index contributed by atoms with van der Waals surface area (Å²) in [5, 5.41) is 10.8. The summed E-state index contributed by atoms with van der Waals surface area (Å²) in [6, 6.07) is 12.6. The number of amides is 1. The van der Waals surface area contributed by atoms with E-state index in [-0.39, 0.29) is 18.1 Å². The van der Waals surface area contributed by atoms with Gasteiger partial charge in [0.1, 0.15) is 5.82 Å². The van der Waals surface area contributed by atoms with Gasteiger partial charge in [0, 0.05) is 24.9 Å². The highest BCUT2D eigenvalue weighted by atomic mass is 19.1. The van der Waals surface area contributed by atoms with Crippen LogP contribution in [0.15, 0.2) is 46.9 Å². The maximum absolute atomic E-state index is 13.2. The van der Waals surface area contributed by atoms with Crippen LogP contribution >= 0.6 is 0 Å². The van der Waals surface area contributed by atoms with E-state index in [2.05, 4.69) is 15.5 Å². The number of nitrogens with zero attached hydrogens (tertiary/aromatic N) is 2. The molecule has 0 unspecified atom stereocenters. The fourth-order valence-corrected chi connectivity index (χ4v) is 2.49. The second-order valence-corrected chi connectivity index (χ2v) is 6.23. The number of nitrogens with one attached hydrogen (secondary N) is 1. The first-order valence-corrected chi connectivity index (χ1v) is 8.42. The topological polar surface area (TPSA) is 68.0 Å². The van der Waals surface area contributed by atoms with Crippen molar-refractivity contribution in [2.75, 3.05) is 0 Å². The minimum atomic E-state index is -0.249. The number of aryl methyl sites for hydroxylation is 3. The Balaban J connectivity index is 1.50. The molecule has 0 saturated carbocycles. The van der Waals surface area contributed by atoms with Gasteiger partial charge < -0.3 is 9.73 Å². The minimum Gasteiger partial charge on any atom is -0.421 e. The molecule has 0 radical (unpaired) electrons. The molecule has 0 aliphatic heterocycles. The van der Waals surface area contributed by atoms with E-state index in [1.54, 1.807) is 19.1 Å². The third-order valence-corrected chi connectivity index (χ3v) is 4.04. The van der Waals surface area contributed by atoms with Crippen molar-refractivity contribution in [2.45, 2.75) is 33.2 Å². The van der Waals surface area contributed by atoms with Crippen LogP contribution in [0.5, 0.6) is 0 Å². The predicted octanol–water partition coefficient (Wildman–Crippen LogP) is 3.74. The fourth-order valence-electron chi connectivity index (χ4n) is 2.49. The van der Waals surface area contributed by atoms with Gasteiger partial charge in [-0.2, -0.15) is 0 Å². The van der Waals surface area contributed by atoms with E-state index in [4.69, 9.17) is 4.42 Å². The average Bonchev–Trinajstić information content (AvgIpc) is 3.10. The lowest BCUT2D eigenvalue weighted by molar-refractivity contribution is -0.121. The fraction of sp³-hybridized carbons (Fsp3) is 0.250. The van der Waals surface area contributed by atoms with Gasteiger partial charge in [-0.25, -0.2) is 4.39 Å². The van der Waals surface area contributed by atoms with Crippen molar-refractivity contribution in [3.8, 4) is 11.5 Å². The molecule has 134 valence electrons. The standard InChI is InChI=1S/C20H20FN3O2/c1-13-3-6-16(7-4-13)20-24-23-19(26-20)10-9-18(25)22-12-15-5-8-17(21)14(2)11-15/h3-8,11H,9-10,12H2,1-2H3,(H,22,25). The molecule has 1 amide bonds. The van der Waals surface area contributed by atoms with Crippen molar-refractivity contribution in [2.24, 2.45) is 0 Å². The number of halogens is 1. The van der Waals surface area contributed by atoms with Gasteiger partial charge in [0.2, 0.25) is 17.7 Å². The van der Waals surface area contributed by atoms with Gasteiger partial charge in [0.15, 0.2) is 0 Å². The molecule has 0 atom stereocenters. The van der Waals surface area contributed by atoms with Gasteiger partial charge in [0.05, 0.1) is 0 Å². The Morgan fingerprint density at radius 1 is 1.12 bits per heavy atom. The van der Waals surface area contributed by atoms with Crippen LogP contribution in [-0.2, 0) is 17.8 Å². The first-order valence-electron chi connectivity index (χ1n) is 8.42. The summed E-state index contributed by atoms with van der Waals surface area (Å²) < 4.78 is 18.8. The molecular formula is C20H20FN3O2.